The van der Waals surface area contributed by atoms with Gasteiger partial charge in [-0.25, -0.2) is 0 Å². The third kappa shape index (κ3) is 6.85. The van der Waals surface area contributed by atoms with Crippen LogP contribution in [0.15, 0.2) is 71.5 Å². The first kappa shape index (κ1) is 24.4. The maximum absolute atomic E-state index is 13.4. The van der Waals surface area contributed by atoms with Crippen molar-refractivity contribution in [2.75, 3.05) is 13.1 Å². The van der Waals surface area contributed by atoms with Crippen LogP contribution in [0.3, 0.4) is 0 Å². The van der Waals surface area contributed by atoms with Crippen molar-refractivity contribution in [2.24, 2.45) is 0 Å². The van der Waals surface area contributed by atoms with Gasteiger partial charge < -0.3 is 18.8 Å². The van der Waals surface area contributed by atoms with Crippen molar-refractivity contribution in [3.05, 3.63) is 84.1 Å². The number of nitrogens with zero attached hydrogens (tertiary/aromatic N) is 3. The van der Waals surface area contributed by atoms with Gasteiger partial charge in [0.25, 0.3) is 5.91 Å². The maximum atomic E-state index is 13.4. The van der Waals surface area contributed by atoms with Crippen LogP contribution >= 0.6 is 0 Å². The molecule has 1 aromatic carbocycles. The number of furan rings is 1. The molecule has 6 heteroatoms. The van der Waals surface area contributed by atoms with E-state index in [0.29, 0.717) is 13.1 Å². The Bertz CT molecular complexity index is 993. The van der Waals surface area contributed by atoms with E-state index in [1.54, 1.807) is 17.0 Å². The molecule has 2 aromatic heterocycles. The third-order valence-electron chi connectivity index (χ3n) is 5.77. The minimum atomic E-state index is -0.236. The number of unbranched alkanes of at least 4 members (excludes halogenated alkanes) is 2. The van der Waals surface area contributed by atoms with Gasteiger partial charge in [-0.1, -0.05) is 50.1 Å². The highest BCUT2D eigenvalue weighted by molar-refractivity contribution is 5.94. The van der Waals surface area contributed by atoms with Gasteiger partial charge >= 0.3 is 0 Å². The molecular weight excluding hydrogens is 414 g/mol. The number of hydrogen-bond acceptors (Lipinski definition) is 3. The van der Waals surface area contributed by atoms with E-state index >= 15 is 0 Å². The lowest BCUT2D eigenvalue weighted by Crippen LogP contribution is -2.45. The zero-order chi connectivity index (χ0) is 23.6. The van der Waals surface area contributed by atoms with Crippen LogP contribution in [0.5, 0.6) is 0 Å². The van der Waals surface area contributed by atoms with Gasteiger partial charge in [-0.15, -0.1) is 0 Å². The van der Waals surface area contributed by atoms with E-state index in [4.69, 9.17) is 4.42 Å². The monoisotopic (exact) mass is 449 g/mol. The highest BCUT2D eigenvalue weighted by Gasteiger charge is 2.25. The number of carbonyl (C=O) groups is 2. The minimum absolute atomic E-state index is 0.00813. The zero-order valence-electron chi connectivity index (χ0n) is 19.9. The molecule has 0 aliphatic carbocycles. The van der Waals surface area contributed by atoms with Crippen LogP contribution < -0.4 is 0 Å². The van der Waals surface area contributed by atoms with Crippen molar-refractivity contribution in [3.8, 4) is 0 Å². The fourth-order valence-electron chi connectivity index (χ4n) is 3.88. The smallest absolute Gasteiger partial charge is 0.290 e. The molecule has 0 bridgehead atoms. The number of aromatic nitrogens is 1. The van der Waals surface area contributed by atoms with E-state index in [0.717, 1.165) is 31.5 Å². The summed E-state index contributed by atoms with van der Waals surface area (Å²) in [6, 6.07) is 17.7. The lowest BCUT2D eigenvalue weighted by molar-refractivity contribution is -0.134. The lowest BCUT2D eigenvalue weighted by atomic mass is 10.2. The Balaban J connectivity index is 1.72. The summed E-state index contributed by atoms with van der Waals surface area (Å²) in [5.74, 6) is -0.0263. The maximum Gasteiger partial charge on any atom is 0.290 e. The molecule has 0 aliphatic heterocycles. The number of carbonyl (C=O) groups excluding carboxylic acids is 2. The second-order valence-electron chi connectivity index (χ2n) is 8.64. The Labute approximate surface area is 196 Å². The molecule has 0 radical (unpaired) electrons. The van der Waals surface area contributed by atoms with Crippen molar-refractivity contribution in [1.29, 1.82) is 0 Å². The van der Waals surface area contributed by atoms with Gasteiger partial charge in [-0.05, 0) is 50.1 Å². The van der Waals surface area contributed by atoms with Gasteiger partial charge in [0.2, 0.25) is 5.91 Å². The average Bonchev–Trinajstić information content (AvgIpc) is 3.49. The molecule has 176 valence electrons. The Morgan fingerprint density at radius 1 is 1.00 bits per heavy atom. The summed E-state index contributed by atoms with van der Waals surface area (Å²) >= 11 is 0. The summed E-state index contributed by atoms with van der Waals surface area (Å²) in [5, 5.41) is 0. The Morgan fingerprint density at radius 3 is 2.45 bits per heavy atom. The Kier molecular flexibility index (Phi) is 8.93. The molecule has 2 heterocycles. The van der Waals surface area contributed by atoms with E-state index in [1.165, 1.54) is 11.8 Å². The molecule has 0 spiro atoms. The average molecular weight is 450 g/mol. The van der Waals surface area contributed by atoms with Crippen LogP contribution in [-0.4, -0.2) is 45.3 Å². The molecule has 3 rings (SSSR count). The second-order valence-corrected chi connectivity index (χ2v) is 8.64. The first-order valence-electron chi connectivity index (χ1n) is 11.8. The molecule has 2 amide bonds. The summed E-state index contributed by atoms with van der Waals surface area (Å²) in [5.41, 5.74) is 2.28. The molecule has 33 heavy (non-hydrogen) atoms. The predicted molar refractivity (Wildman–Crippen MR) is 130 cm³/mol. The van der Waals surface area contributed by atoms with E-state index in [9.17, 15) is 9.59 Å². The quantitative estimate of drug-likeness (QED) is 0.357. The predicted octanol–water partition coefficient (Wildman–Crippen LogP) is 5.20. The van der Waals surface area contributed by atoms with Gasteiger partial charge in [0.1, 0.15) is 6.54 Å². The zero-order valence-corrected chi connectivity index (χ0v) is 19.9. The molecule has 0 unspecified atom stereocenters. The molecule has 0 saturated heterocycles. The van der Waals surface area contributed by atoms with Crippen molar-refractivity contribution in [1.82, 2.24) is 14.4 Å². The number of hydrogen-bond donors (Lipinski definition) is 0. The van der Waals surface area contributed by atoms with Gasteiger partial charge in [0, 0.05) is 31.0 Å². The molecule has 0 aliphatic rings. The number of rotatable bonds is 12. The first-order valence-corrected chi connectivity index (χ1v) is 11.8. The fraction of sp³-hybridized carbons (Fsp3) is 0.407. The summed E-state index contributed by atoms with van der Waals surface area (Å²) in [6.07, 6.45) is 6.45. The van der Waals surface area contributed by atoms with Gasteiger partial charge in [-0.2, -0.15) is 0 Å². The van der Waals surface area contributed by atoms with Crippen LogP contribution in [0.25, 0.3) is 0 Å². The molecule has 0 fully saturated rings. The van der Waals surface area contributed by atoms with Crippen LogP contribution in [0, 0.1) is 0 Å². The normalized spacial score (nSPS) is 11.0. The topological polar surface area (TPSA) is 58.7 Å². The molecule has 0 atom stereocenters. The highest BCUT2D eigenvalue weighted by atomic mass is 16.3. The van der Waals surface area contributed by atoms with Crippen LogP contribution in [-0.2, 0) is 17.9 Å². The van der Waals surface area contributed by atoms with Gasteiger partial charge in [0.15, 0.2) is 5.76 Å². The van der Waals surface area contributed by atoms with Gasteiger partial charge in [-0.3, -0.25) is 9.59 Å². The molecule has 0 saturated carbocycles. The summed E-state index contributed by atoms with van der Waals surface area (Å²) in [4.78, 5) is 29.8. The fourth-order valence-corrected chi connectivity index (χ4v) is 3.88. The number of benzene rings is 1. The largest absolute Gasteiger partial charge is 0.459 e. The van der Waals surface area contributed by atoms with E-state index < -0.39 is 0 Å². The first-order chi connectivity index (χ1) is 16.0. The SMILES string of the molecule is CCCCCN(CC(=O)N(Cc1cccn1Cc1ccccc1)C(C)C)C(=O)c1ccco1. The van der Waals surface area contributed by atoms with Crippen molar-refractivity contribution >= 4 is 11.8 Å². The Morgan fingerprint density at radius 2 is 1.79 bits per heavy atom. The van der Waals surface area contributed by atoms with Crippen molar-refractivity contribution in [2.45, 2.75) is 59.2 Å². The van der Waals surface area contributed by atoms with Crippen LogP contribution in [0.2, 0.25) is 0 Å². The van der Waals surface area contributed by atoms with Gasteiger partial charge in [0.05, 0.1) is 12.8 Å². The third-order valence-corrected chi connectivity index (χ3v) is 5.77. The minimum Gasteiger partial charge on any atom is -0.459 e. The highest BCUT2D eigenvalue weighted by Crippen LogP contribution is 2.15. The lowest BCUT2D eigenvalue weighted by Gasteiger charge is -2.30. The molecule has 3 aromatic rings. The molecule has 0 N–H and O–H groups in total. The summed E-state index contributed by atoms with van der Waals surface area (Å²) in [7, 11) is 0. The van der Waals surface area contributed by atoms with Crippen molar-refractivity contribution in [3.63, 3.8) is 0 Å². The number of amides is 2. The summed E-state index contributed by atoms with van der Waals surface area (Å²) < 4.78 is 7.48. The molecule has 6 nitrogen and oxygen atoms in total. The molecular formula is C27H35N3O3. The van der Waals surface area contributed by atoms with E-state index in [-0.39, 0.29) is 30.2 Å². The van der Waals surface area contributed by atoms with Crippen LogP contribution in [0.1, 0.15) is 61.8 Å². The summed E-state index contributed by atoms with van der Waals surface area (Å²) in [6.45, 7) is 7.97. The van der Waals surface area contributed by atoms with Crippen LogP contribution in [0.4, 0.5) is 0 Å². The standard InChI is InChI=1S/C27H35N3O3/c1-4-5-9-16-29(27(32)25-15-11-18-33-25)21-26(31)30(22(2)3)20-24-14-10-17-28(24)19-23-12-7-6-8-13-23/h6-8,10-15,17-18,22H,4-5,9,16,19-21H2,1-3H3. The Hall–Kier alpha value is -3.28. The van der Waals surface area contributed by atoms with E-state index in [2.05, 4.69) is 29.7 Å². The van der Waals surface area contributed by atoms with Crippen molar-refractivity contribution < 1.29 is 14.0 Å². The second kappa shape index (κ2) is 12.1. The van der Waals surface area contributed by atoms with E-state index in [1.807, 2.05) is 49.2 Å².